The van der Waals surface area contributed by atoms with E-state index in [0.29, 0.717) is 24.5 Å². The second kappa shape index (κ2) is 11.5. The van der Waals surface area contributed by atoms with E-state index < -0.39 is 6.04 Å². The standard InChI is InChI=1S/C23H29ClN2O2/c1-3-5-15-25-23(28)21(4-2)26(17-19-11-13-20(24)14-12-19)22(27)16-18-9-7-6-8-10-18/h6-14,21H,3-5,15-17H2,1-2H3,(H,25,28). The van der Waals surface area contributed by atoms with Gasteiger partial charge >= 0.3 is 0 Å². The zero-order valence-corrected chi connectivity index (χ0v) is 17.4. The first kappa shape index (κ1) is 22.0. The van der Waals surface area contributed by atoms with Crippen molar-refractivity contribution in [3.8, 4) is 0 Å². The maximum Gasteiger partial charge on any atom is 0.242 e. The molecule has 0 aromatic heterocycles. The first-order valence-corrected chi connectivity index (χ1v) is 10.3. The van der Waals surface area contributed by atoms with Crippen molar-refractivity contribution in [3.05, 3.63) is 70.7 Å². The van der Waals surface area contributed by atoms with Gasteiger partial charge in [-0.3, -0.25) is 9.59 Å². The molecule has 150 valence electrons. The number of carbonyl (C=O) groups excluding carboxylic acids is 2. The highest BCUT2D eigenvalue weighted by molar-refractivity contribution is 6.30. The highest BCUT2D eigenvalue weighted by Crippen LogP contribution is 2.16. The highest BCUT2D eigenvalue weighted by Gasteiger charge is 2.28. The van der Waals surface area contributed by atoms with Crippen molar-refractivity contribution in [3.63, 3.8) is 0 Å². The number of carbonyl (C=O) groups is 2. The number of unbranched alkanes of at least 4 members (excludes halogenated alkanes) is 1. The quantitative estimate of drug-likeness (QED) is 0.592. The first-order valence-electron chi connectivity index (χ1n) is 9.90. The van der Waals surface area contributed by atoms with Crippen LogP contribution in [0.2, 0.25) is 5.02 Å². The van der Waals surface area contributed by atoms with Gasteiger partial charge in [0, 0.05) is 18.1 Å². The van der Waals surface area contributed by atoms with Crippen molar-refractivity contribution in [2.75, 3.05) is 6.54 Å². The number of nitrogens with zero attached hydrogens (tertiary/aromatic N) is 1. The fourth-order valence-corrected chi connectivity index (χ4v) is 3.21. The molecule has 1 N–H and O–H groups in total. The molecule has 28 heavy (non-hydrogen) atoms. The SMILES string of the molecule is CCCCNC(=O)C(CC)N(Cc1ccc(Cl)cc1)C(=O)Cc1ccccc1. The summed E-state index contributed by atoms with van der Waals surface area (Å²) >= 11 is 5.98. The Balaban J connectivity index is 2.21. The molecular formula is C23H29ClN2O2. The molecule has 0 spiro atoms. The van der Waals surface area contributed by atoms with Gasteiger partial charge in [-0.25, -0.2) is 0 Å². The Morgan fingerprint density at radius 2 is 1.68 bits per heavy atom. The van der Waals surface area contributed by atoms with E-state index >= 15 is 0 Å². The van der Waals surface area contributed by atoms with Crippen molar-refractivity contribution in [2.24, 2.45) is 0 Å². The molecule has 5 heteroatoms. The predicted octanol–water partition coefficient (Wildman–Crippen LogP) is 4.61. The van der Waals surface area contributed by atoms with Gasteiger partial charge in [-0.15, -0.1) is 0 Å². The van der Waals surface area contributed by atoms with Crippen molar-refractivity contribution >= 4 is 23.4 Å². The molecule has 1 unspecified atom stereocenters. The molecule has 2 rings (SSSR count). The van der Waals surface area contributed by atoms with E-state index in [-0.39, 0.29) is 18.2 Å². The normalized spacial score (nSPS) is 11.7. The molecule has 1 atom stereocenters. The van der Waals surface area contributed by atoms with E-state index in [1.54, 1.807) is 17.0 Å². The summed E-state index contributed by atoms with van der Waals surface area (Å²) in [6, 6.07) is 16.5. The lowest BCUT2D eigenvalue weighted by atomic mass is 10.1. The summed E-state index contributed by atoms with van der Waals surface area (Å²) in [5, 5.41) is 3.62. The second-order valence-corrected chi connectivity index (χ2v) is 7.32. The molecule has 0 heterocycles. The van der Waals surface area contributed by atoms with Gasteiger partial charge in [0.15, 0.2) is 0 Å². The van der Waals surface area contributed by atoms with Gasteiger partial charge in [-0.1, -0.05) is 74.3 Å². The topological polar surface area (TPSA) is 49.4 Å². The van der Waals surface area contributed by atoms with Crippen molar-refractivity contribution in [2.45, 2.75) is 52.1 Å². The third-order valence-corrected chi connectivity index (χ3v) is 4.93. The highest BCUT2D eigenvalue weighted by atomic mass is 35.5. The van der Waals surface area contributed by atoms with E-state index in [0.717, 1.165) is 24.0 Å². The van der Waals surface area contributed by atoms with Gasteiger partial charge in [0.1, 0.15) is 6.04 Å². The molecule has 0 saturated heterocycles. The Morgan fingerprint density at radius 1 is 1.00 bits per heavy atom. The molecule has 2 aromatic rings. The lowest BCUT2D eigenvalue weighted by Crippen LogP contribution is -2.49. The minimum Gasteiger partial charge on any atom is -0.354 e. The van der Waals surface area contributed by atoms with E-state index in [4.69, 9.17) is 11.6 Å². The van der Waals surface area contributed by atoms with Crippen molar-refractivity contribution in [1.82, 2.24) is 10.2 Å². The van der Waals surface area contributed by atoms with Crippen LogP contribution in [0, 0.1) is 0 Å². The van der Waals surface area contributed by atoms with E-state index in [1.165, 1.54) is 0 Å². The Hall–Kier alpha value is -2.33. The monoisotopic (exact) mass is 400 g/mol. The molecule has 0 aliphatic carbocycles. The third-order valence-electron chi connectivity index (χ3n) is 4.68. The molecule has 4 nitrogen and oxygen atoms in total. The van der Waals surface area contributed by atoms with Crippen LogP contribution in [0.25, 0.3) is 0 Å². The van der Waals surface area contributed by atoms with E-state index in [9.17, 15) is 9.59 Å². The fraction of sp³-hybridized carbons (Fsp3) is 0.391. The average Bonchev–Trinajstić information content (AvgIpc) is 2.70. The molecule has 0 aliphatic heterocycles. The molecule has 0 aliphatic rings. The van der Waals surface area contributed by atoms with E-state index in [1.807, 2.05) is 49.4 Å². The van der Waals surface area contributed by atoms with Crippen LogP contribution in [-0.2, 0) is 22.6 Å². The van der Waals surface area contributed by atoms with Gasteiger partial charge in [-0.05, 0) is 36.1 Å². The van der Waals surface area contributed by atoms with E-state index in [2.05, 4.69) is 12.2 Å². The average molecular weight is 401 g/mol. The molecule has 2 amide bonds. The Labute approximate surface area is 172 Å². The van der Waals surface area contributed by atoms with Gasteiger partial charge in [-0.2, -0.15) is 0 Å². The van der Waals surface area contributed by atoms with Crippen LogP contribution in [0.5, 0.6) is 0 Å². The van der Waals surface area contributed by atoms with Crippen LogP contribution in [0.3, 0.4) is 0 Å². The molecule has 0 bridgehead atoms. The lowest BCUT2D eigenvalue weighted by Gasteiger charge is -2.31. The van der Waals surface area contributed by atoms with Crippen LogP contribution in [0.15, 0.2) is 54.6 Å². The summed E-state index contributed by atoms with van der Waals surface area (Å²) in [6.07, 6.45) is 2.77. The van der Waals surface area contributed by atoms with Crippen LogP contribution in [0.4, 0.5) is 0 Å². The van der Waals surface area contributed by atoms with Crippen LogP contribution >= 0.6 is 11.6 Å². The first-order chi connectivity index (χ1) is 13.5. The maximum atomic E-state index is 13.1. The largest absolute Gasteiger partial charge is 0.354 e. The molecule has 0 saturated carbocycles. The lowest BCUT2D eigenvalue weighted by molar-refractivity contribution is -0.140. The fourth-order valence-electron chi connectivity index (χ4n) is 3.08. The molecular weight excluding hydrogens is 372 g/mol. The zero-order chi connectivity index (χ0) is 20.4. The summed E-state index contributed by atoms with van der Waals surface area (Å²) in [7, 11) is 0. The summed E-state index contributed by atoms with van der Waals surface area (Å²) < 4.78 is 0. The van der Waals surface area contributed by atoms with Gasteiger partial charge in [0.05, 0.1) is 6.42 Å². The third kappa shape index (κ3) is 6.68. The van der Waals surface area contributed by atoms with Gasteiger partial charge in [0.25, 0.3) is 0 Å². The smallest absolute Gasteiger partial charge is 0.242 e. The van der Waals surface area contributed by atoms with Crippen LogP contribution in [-0.4, -0.2) is 29.3 Å². The van der Waals surface area contributed by atoms with Crippen molar-refractivity contribution in [1.29, 1.82) is 0 Å². The Morgan fingerprint density at radius 3 is 2.29 bits per heavy atom. The molecule has 0 radical (unpaired) electrons. The molecule has 0 fully saturated rings. The number of hydrogen-bond acceptors (Lipinski definition) is 2. The van der Waals surface area contributed by atoms with Crippen LogP contribution in [0.1, 0.15) is 44.2 Å². The van der Waals surface area contributed by atoms with Gasteiger partial charge in [0.2, 0.25) is 11.8 Å². The minimum absolute atomic E-state index is 0.0568. The number of rotatable bonds is 10. The second-order valence-electron chi connectivity index (χ2n) is 6.88. The predicted molar refractivity (Wildman–Crippen MR) is 114 cm³/mol. The summed E-state index contributed by atoms with van der Waals surface area (Å²) in [5.41, 5.74) is 1.89. The number of halogens is 1. The van der Waals surface area contributed by atoms with Crippen molar-refractivity contribution < 1.29 is 9.59 Å². The number of nitrogens with one attached hydrogen (secondary N) is 1. The number of benzene rings is 2. The minimum atomic E-state index is -0.497. The zero-order valence-electron chi connectivity index (χ0n) is 16.7. The van der Waals surface area contributed by atoms with Crippen LogP contribution < -0.4 is 5.32 Å². The number of hydrogen-bond donors (Lipinski definition) is 1. The summed E-state index contributed by atoms with van der Waals surface area (Å²) in [6.45, 7) is 5.03. The maximum absolute atomic E-state index is 13.1. The van der Waals surface area contributed by atoms with Gasteiger partial charge < -0.3 is 10.2 Å². The number of amides is 2. The summed E-state index contributed by atoms with van der Waals surface area (Å²) in [5.74, 6) is -0.148. The molecule has 2 aromatic carbocycles. The Bertz CT molecular complexity index is 747. The summed E-state index contributed by atoms with van der Waals surface area (Å²) in [4.78, 5) is 27.6. The Kier molecular flexibility index (Phi) is 9.02.